The van der Waals surface area contributed by atoms with E-state index in [2.05, 4.69) is 30.9 Å². The van der Waals surface area contributed by atoms with E-state index in [1.165, 1.54) is 41.1 Å². The fourth-order valence-corrected chi connectivity index (χ4v) is 3.84. The summed E-state index contributed by atoms with van der Waals surface area (Å²) in [6, 6.07) is 11.4. The Balaban J connectivity index is 1.43. The Kier molecular flexibility index (Phi) is 6.05. The summed E-state index contributed by atoms with van der Waals surface area (Å²) < 4.78 is 41.1. The van der Waals surface area contributed by atoms with Gasteiger partial charge in [-0.1, -0.05) is 0 Å². The first-order valence-electron chi connectivity index (χ1n) is 9.62. The highest BCUT2D eigenvalue weighted by molar-refractivity contribution is 7.90. The minimum Gasteiger partial charge on any atom is -0.321 e. The number of halogens is 1. The largest absolute Gasteiger partial charge is 0.335 e. The smallest absolute Gasteiger partial charge is 0.321 e. The third kappa shape index (κ3) is 5.07. The Morgan fingerprint density at radius 1 is 1.03 bits per heavy atom. The van der Waals surface area contributed by atoms with Gasteiger partial charge in [-0.25, -0.2) is 27.4 Å². The molecule has 0 aliphatic carbocycles. The molecule has 14 heteroatoms. The van der Waals surface area contributed by atoms with Crippen molar-refractivity contribution < 1.29 is 22.4 Å². The molecule has 4 rings (SSSR count). The maximum absolute atomic E-state index is 13.1. The van der Waals surface area contributed by atoms with Crippen LogP contribution >= 0.6 is 0 Å². The lowest BCUT2D eigenvalue weighted by Crippen LogP contribution is -2.34. The second-order valence-corrected chi connectivity index (χ2v) is 8.60. The normalized spacial score (nSPS) is 11.1. The molecule has 2 aromatic heterocycles. The number of nitrogens with one attached hydrogen (secondary N) is 4. The maximum atomic E-state index is 13.1. The summed E-state index contributed by atoms with van der Waals surface area (Å²) in [7, 11) is -2.58. The molecule has 0 atom stereocenters. The molecule has 0 fully saturated rings. The molecule has 0 aliphatic heterocycles. The van der Waals surface area contributed by atoms with E-state index in [1.54, 1.807) is 25.2 Å². The Labute approximate surface area is 192 Å². The van der Waals surface area contributed by atoms with Crippen molar-refractivity contribution in [2.75, 3.05) is 10.6 Å². The first-order chi connectivity index (χ1) is 16.2. The minimum atomic E-state index is -4.17. The van der Waals surface area contributed by atoms with Crippen LogP contribution in [0.15, 0.2) is 65.8 Å². The number of amides is 3. The second kappa shape index (κ2) is 9.11. The van der Waals surface area contributed by atoms with Gasteiger partial charge in [0, 0.05) is 18.3 Å². The van der Waals surface area contributed by atoms with Crippen LogP contribution < -0.4 is 15.4 Å². The van der Waals surface area contributed by atoms with Crippen molar-refractivity contribution in [1.29, 1.82) is 0 Å². The zero-order valence-corrected chi connectivity index (χ0v) is 18.3. The molecule has 0 aliphatic rings. The third-order valence-corrected chi connectivity index (χ3v) is 5.90. The number of carbonyl (C=O) groups excluding carboxylic acids is 2. The van der Waals surface area contributed by atoms with Crippen molar-refractivity contribution in [2.24, 2.45) is 7.05 Å². The monoisotopic (exact) mass is 484 g/mol. The van der Waals surface area contributed by atoms with Crippen LogP contribution in [-0.4, -0.2) is 45.3 Å². The average Bonchev–Trinajstić information content (AvgIpc) is 3.44. The lowest BCUT2D eigenvalue weighted by molar-refractivity contribution is 0.101. The van der Waals surface area contributed by atoms with Crippen LogP contribution in [0.2, 0.25) is 0 Å². The van der Waals surface area contributed by atoms with Gasteiger partial charge in [0.05, 0.1) is 10.6 Å². The van der Waals surface area contributed by atoms with E-state index in [0.717, 1.165) is 6.33 Å². The number of aryl methyl sites for hydroxylation is 1. The number of aromatic nitrogens is 5. The molecule has 3 amide bonds. The molecule has 4 aromatic rings. The first kappa shape index (κ1) is 22.6. The highest BCUT2D eigenvalue weighted by Gasteiger charge is 2.19. The Morgan fingerprint density at radius 2 is 1.74 bits per heavy atom. The van der Waals surface area contributed by atoms with E-state index < -0.39 is 22.0 Å². The summed E-state index contributed by atoms with van der Waals surface area (Å²) in [5, 5.41) is 15.0. The summed E-state index contributed by atoms with van der Waals surface area (Å²) in [5.74, 6) is -0.888. The second-order valence-electron chi connectivity index (χ2n) is 6.92. The van der Waals surface area contributed by atoms with Gasteiger partial charge in [0.1, 0.15) is 17.8 Å². The third-order valence-electron chi connectivity index (χ3n) is 4.55. The molecule has 0 unspecified atom stereocenters. The molecule has 12 nitrogen and oxygen atoms in total. The lowest BCUT2D eigenvalue weighted by Gasteiger charge is -2.09. The number of rotatable bonds is 6. The standard InChI is InChI=1S/C20H17FN8O4S/c1-29-17(10-16(27-29)12-2-4-13(21)5-3-12)18(30)24-14-6-8-15(9-7-14)34(32,33)28-20(31)25-19-22-11-23-26-19/h2-11H,1H3,(H,24,30)(H3,22,23,25,26,28,31). The van der Waals surface area contributed by atoms with E-state index in [4.69, 9.17) is 0 Å². The lowest BCUT2D eigenvalue weighted by atomic mass is 10.1. The van der Waals surface area contributed by atoms with Crippen LogP contribution in [0.1, 0.15) is 10.5 Å². The van der Waals surface area contributed by atoms with Gasteiger partial charge >= 0.3 is 6.03 Å². The van der Waals surface area contributed by atoms with Gasteiger partial charge in [0.2, 0.25) is 5.95 Å². The molecule has 0 spiro atoms. The van der Waals surface area contributed by atoms with Crippen LogP contribution in [0, 0.1) is 5.82 Å². The highest BCUT2D eigenvalue weighted by Crippen LogP contribution is 2.20. The molecule has 4 N–H and O–H groups in total. The molecule has 0 saturated carbocycles. The van der Waals surface area contributed by atoms with Crippen molar-refractivity contribution in [2.45, 2.75) is 4.90 Å². The number of urea groups is 1. The number of aromatic amines is 1. The highest BCUT2D eigenvalue weighted by atomic mass is 32.2. The van der Waals surface area contributed by atoms with Gasteiger partial charge in [0.15, 0.2) is 0 Å². The average molecular weight is 484 g/mol. The number of carbonyl (C=O) groups is 2. The minimum absolute atomic E-state index is 0.0245. The quantitative estimate of drug-likeness (QED) is 0.325. The predicted octanol–water partition coefficient (Wildman–Crippen LogP) is 2.11. The van der Waals surface area contributed by atoms with Gasteiger partial charge in [-0.15, -0.1) is 0 Å². The van der Waals surface area contributed by atoms with Gasteiger partial charge in [-0.05, 0) is 54.6 Å². The van der Waals surface area contributed by atoms with E-state index in [9.17, 15) is 22.4 Å². The number of H-pyrrole nitrogens is 1. The number of nitrogens with zero attached hydrogens (tertiary/aromatic N) is 4. The fourth-order valence-electron chi connectivity index (χ4n) is 2.93. The number of benzene rings is 2. The van der Waals surface area contributed by atoms with Crippen molar-refractivity contribution in [3.63, 3.8) is 0 Å². The number of hydrogen-bond acceptors (Lipinski definition) is 7. The fraction of sp³-hybridized carbons (Fsp3) is 0.0500. The summed E-state index contributed by atoms with van der Waals surface area (Å²) >= 11 is 0. The van der Waals surface area contributed by atoms with E-state index in [0.29, 0.717) is 16.9 Å². The molecular weight excluding hydrogens is 467 g/mol. The zero-order chi connectivity index (χ0) is 24.3. The number of sulfonamides is 1. The van der Waals surface area contributed by atoms with E-state index in [1.807, 2.05) is 4.72 Å². The first-order valence-corrected chi connectivity index (χ1v) is 11.1. The molecule has 0 radical (unpaired) electrons. The number of anilines is 2. The molecule has 174 valence electrons. The van der Waals surface area contributed by atoms with Crippen molar-refractivity contribution in [3.05, 3.63) is 72.4 Å². The summed E-state index contributed by atoms with van der Waals surface area (Å²) in [5.41, 5.74) is 1.69. The molecule has 0 bridgehead atoms. The predicted molar refractivity (Wildman–Crippen MR) is 119 cm³/mol. The van der Waals surface area contributed by atoms with Crippen LogP contribution in [0.25, 0.3) is 11.3 Å². The topological polar surface area (TPSA) is 164 Å². The van der Waals surface area contributed by atoms with Gasteiger partial charge in [0.25, 0.3) is 15.9 Å². The van der Waals surface area contributed by atoms with Crippen LogP contribution in [0.5, 0.6) is 0 Å². The van der Waals surface area contributed by atoms with E-state index in [-0.39, 0.29) is 22.4 Å². The summed E-state index contributed by atoms with van der Waals surface area (Å²) in [4.78, 5) is 28.0. The van der Waals surface area contributed by atoms with E-state index >= 15 is 0 Å². The Bertz CT molecular complexity index is 1430. The van der Waals surface area contributed by atoms with Gasteiger partial charge in [-0.3, -0.25) is 14.8 Å². The summed E-state index contributed by atoms with van der Waals surface area (Å²) in [6.45, 7) is 0. The molecule has 34 heavy (non-hydrogen) atoms. The molecular formula is C20H17FN8O4S. The van der Waals surface area contributed by atoms with Crippen LogP contribution in [0.4, 0.5) is 20.8 Å². The maximum Gasteiger partial charge on any atom is 0.335 e. The molecule has 2 heterocycles. The molecule has 0 saturated heterocycles. The SMILES string of the molecule is Cn1nc(-c2ccc(F)cc2)cc1C(=O)Nc1ccc(S(=O)(=O)NC(=O)Nc2ncn[nH]2)cc1. The van der Waals surface area contributed by atoms with Crippen molar-refractivity contribution in [1.82, 2.24) is 29.7 Å². The summed E-state index contributed by atoms with van der Waals surface area (Å²) in [6.07, 6.45) is 1.15. The van der Waals surface area contributed by atoms with Crippen LogP contribution in [0.3, 0.4) is 0 Å². The van der Waals surface area contributed by atoms with Crippen molar-refractivity contribution >= 4 is 33.6 Å². The van der Waals surface area contributed by atoms with Gasteiger partial charge < -0.3 is 5.32 Å². The molecule has 2 aromatic carbocycles. The van der Waals surface area contributed by atoms with Crippen LogP contribution in [-0.2, 0) is 17.1 Å². The Hall–Kier alpha value is -4.59. The zero-order valence-electron chi connectivity index (χ0n) is 17.5. The Morgan fingerprint density at radius 3 is 2.38 bits per heavy atom. The number of hydrogen-bond donors (Lipinski definition) is 4. The van der Waals surface area contributed by atoms with Crippen molar-refractivity contribution in [3.8, 4) is 11.3 Å². The van der Waals surface area contributed by atoms with Gasteiger partial charge in [-0.2, -0.15) is 15.2 Å².